The molecule has 0 unspecified atom stereocenters. The van der Waals surface area contributed by atoms with Crippen molar-refractivity contribution in [2.45, 2.75) is 6.92 Å². The highest BCUT2D eigenvalue weighted by molar-refractivity contribution is 6.33. The van der Waals surface area contributed by atoms with Gasteiger partial charge >= 0.3 is 5.97 Å². The second-order valence-corrected chi connectivity index (χ2v) is 5.38. The molecule has 0 aliphatic heterocycles. The lowest BCUT2D eigenvalue weighted by Crippen LogP contribution is -1.97. The van der Waals surface area contributed by atoms with Crippen LogP contribution in [0.1, 0.15) is 15.9 Å². The van der Waals surface area contributed by atoms with E-state index in [9.17, 15) is 9.90 Å². The van der Waals surface area contributed by atoms with Gasteiger partial charge in [-0.1, -0.05) is 54.1 Å². The van der Waals surface area contributed by atoms with Gasteiger partial charge in [0.1, 0.15) is 0 Å². The Morgan fingerprint density at radius 2 is 1.71 bits per heavy atom. The van der Waals surface area contributed by atoms with Crippen LogP contribution in [-0.4, -0.2) is 11.1 Å². The Kier molecular flexibility index (Phi) is 3.40. The number of rotatable bonds is 2. The highest BCUT2D eigenvalue weighted by Crippen LogP contribution is 2.32. The molecule has 0 aliphatic rings. The summed E-state index contributed by atoms with van der Waals surface area (Å²) < 4.78 is 0. The standard InChI is InChI=1S/C18H13ClO2/c1-11-6-8-14(15-5-3-2-4-13(11)15)12-7-9-17(19)16(10-12)18(20)21/h2-10H,1H3,(H,20,21). The van der Waals surface area contributed by atoms with Crippen molar-refractivity contribution in [2.75, 3.05) is 0 Å². The van der Waals surface area contributed by atoms with E-state index >= 15 is 0 Å². The minimum atomic E-state index is -1.02. The van der Waals surface area contributed by atoms with E-state index in [1.165, 1.54) is 10.9 Å². The summed E-state index contributed by atoms with van der Waals surface area (Å²) in [5, 5.41) is 11.7. The third kappa shape index (κ3) is 2.39. The minimum absolute atomic E-state index is 0.124. The maximum Gasteiger partial charge on any atom is 0.337 e. The molecule has 0 saturated heterocycles. The largest absolute Gasteiger partial charge is 0.478 e. The maximum atomic E-state index is 11.2. The fourth-order valence-electron chi connectivity index (χ4n) is 2.56. The molecule has 3 aromatic carbocycles. The summed E-state index contributed by atoms with van der Waals surface area (Å²) in [6.07, 6.45) is 0. The molecule has 0 aromatic heterocycles. The predicted molar refractivity (Wildman–Crippen MR) is 86.1 cm³/mol. The molecule has 1 N–H and O–H groups in total. The lowest BCUT2D eigenvalue weighted by molar-refractivity contribution is 0.0697. The van der Waals surface area contributed by atoms with Gasteiger partial charge in [0.15, 0.2) is 0 Å². The molecule has 3 heteroatoms. The first kappa shape index (κ1) is 13.7. The van der Waals surface area contributed by atoms with Gasteiger partial charge in [-0.3, -0.25) is 0 Å². The van der Waals surface area contributed by atoms with E-state index in [4.69, 9.17) is 11.6 Å². The summed E-state index contributed by atoms with van der Waals surface area (Å²) in [5.74, 6) is -1.02. The number of hydrogen-bond acceptors (Lipinski definition) is 1. The zero-order valence-electron chi connectivity index (χ0n) is 11.4. The number of carboxylic acids is 1. The molecule has 0 radical (unpaired) electrons. The minimum Gasteiger partial charge on any atom is -0.478 e. The van der Waals surface area contributed by atoms with Gasteiger partial charge in [0.25, 0.3) is 0 Å². The van der Waals surface area contributed by atoms with Crippen molar-refractivity contribution in [1.29, 1.82) is 0 Å². The topological polar surface area (TPSA) is 37.3 Å². The van der Waals surface area contributed by atoms with Crippen molar-refractivity contribution in [2.24, 2.45) is 0 Å². The Balaban J connectivity index is 2.29. The van der Waals surface area contributed by atoms with Crippen molar-refractivity contribution in [3.8, 4) is 11.1 Å². The Bertz CT molecular complexity index is 853. The molecule has 0 aliphatic carbocycles. The van der Waals surface area contributed by atoms with Crippen LogP contribution in [0.2, 0.25) is 5.02 Å². The Morgan fingerprint density at radius 3 is 2.43 bits per heavy atom. The van der Waals surface area contributed by atoms with E-state index in [-0.39, 0.29) is 10.6 Å². The molecule has 0 atom stereocenters. The molecule has 0 amide bonds. The monoisotopic (exact) mass is 296 g/mol. The van der Waals surface area contributed by atoms with Crippen LogP contribution in [0.15, 0.2) is 54.6 Å². The van der Waals surface area contributed by atoms with E-state index in [2.05, 4.69) is 13.0 Å². The Labute approximate surface area is 127 Å². The first-order chi connectivity index (χ1) is 10.1. The number of hydrogen-bond donors (Lipinski definition) is 1. The summed E-state index contributed by atoms with van der Waals surface area (Å²) in [7, 11) is 0. The van der Waals surface area contributed by atoms with Crippen molar-refractivity contribution in [1.82, 2.24) is 0 Å². The van der Waals surface area contributed by atoms with Crippen LogP contribution in [0.4, 0.5) is 0 Å². The van der Waals surface area contributed by atoms with Crippen LogP contribution in [0.25, 0.3) is 21.9 Å². The predicted octanol–water partition coefficient (Wildman–Crippen LogP) is 5.17. The lowest BCUT2D eigenvalue weighted by atomic mass is 9.94. The summed E-state index contributed by atoms with van der Waals surface area (Å²) in [6, 6.07) is 17.3. The molecular formula is C18H13ClO2. The van der Waals surface area contributed by atoms with Gasteiger partial charge in [-0.2, -0.15) is 0 Å². The van der Waals surface area contributed by atoms with E-state index in [1.807, 2.05) is 36.4 Å². The number of aromatic carboxylic acids is 1. The fraction of sp³-hybridized carbons (Fsp3) is 0.0556. The molecule has 0 spiro atoms. The molecule has 0 bridgehead atoms. The van der Waals surface area contributed by atoms with Gasteiger partial charge in [-0.05, 0) is 46.5 Å². The molecule has 0 fully saturated rings. The fourth-order valence-corrected chi connectivity index (χ4v) is 2.76. The van der Waals surface area contributed by atoms with Gasteiger partial charge in [0.05, 0.1) is 10.6 Å². The molecule has 21 heavy (non-hydrogen) atoms. The number of halogens is 1. The van der Waals surface area contributed by atoms with E-state index < -0.39 is 5.97 Å². The Morgan fingerprint density at radius 1 is 1.00 bits per heavy atom. The number of aryl methyl sites for hydroxylation is 1. The first-order valence-electron chi connectivity index (χ1n) is 6.59. The number of carboxylic acid groups (broad SMARTS) is 1. The second-order valence-electron chi connectivity index (χ2n) is 4.98. The maximum absolute atomic E-state index is 11.2. The molecular weight excluding hydrogens is 284 g/mol. The summed E-state index contributed by atoms with van der Waals surface area (Å²) in [4.78, 5) is 11.2. The number of fused-ring (bicyclic) bond motifs is 1. The van der Waals surface area contributed by atoms with Gasteiger partial charge < -0.3 is 5.11 Å². The van der Waals surface area contributed by atoms with Crippen molar-refractivity contribution in [3.05, 3.63) is 70.7 Å². The van der Waals surface area contributed by atoms with E-state index in [0.717, 1.165) is 16.5 Å². The van der Waals surface area contributed by atoms with Crippen molar-refractivity contribution in [3.63, 3.8) is 0 Å². The van der Waals surface area contributed by atoms with Crippen LogP contribution in [0, 0.1) is 6.92 Å². The van der Waals surface area contributed by atoms with Crippen LogP contribution in [0.3, 0.4) is 0 Å². The average molecular weight is 297 g/mol. The van der Waals surface area contributed by atoms with E-state index in [0.29, 0.717) is 0 Å². The smallest absolute Gasteiger partial charge is 0.337 e. The molecule has 0 heterocycles. The molecule has 3 rings (SSSR count). The van der Waals surface area contributed by atoms with Gasteiger partial charge in [-0.15, -0.1) is 0 Å². The molecule has 104 valence electrons. The third-order valence-electron chi connectivity index (χ3n) is 3.65. The van der Waals surface area contributed by atoms with Gasteiger partial charge in [0, 0.05) is 0 Å². The van der Waals surface area contributed by atoms with Gasteiger partial charge in [0.2, 0.25) is 0 Å². The quantitative estimate of drug-likeness (QED) is 0.708. The lowest BCUT2D eigenvalue weighted by Gasteiger charge is -2.10. The van der Waals surface area contributed by atoms with Crippen LogP contribution < -0.4 is 0 Å². The van der Waals surface area contributed by atoms with Crippen molar-refractivity contribution < 1.29 is 9.90 Å². The zero-order chi connectivity index (χ0) is 15.0. The highest BCUT2D eigenvalue weighted by Gasteiger charge is 2.12. The first-order valence-corrected chi connectivity index (χ1v) is 6.97. The number of carbonyl (C=O) groups is 1. The SMILES string of the molecule is Cc1ccc(-c2ccc(Cl)c(C(=O)O)c2)c2ccccc12. The average Bonchev–Trinajstić information content (AvgIpc) is 2.48. The second kappa shape index (κ2) is 5.23. The summed E-state index contributed by atoms with van der Waals surface area (Å²) in [5.41, 5.74) is 3.18. The van der Waals surface area contributed by atoms with Crippen LogP contribution in [-0.2, 0) is 0 Å². The van der Waals surface area contributed by atoms with Crippen LogP contribution in [0.5, 0.6) is 0 Å². The third-order valence-corrected chi connectivity index (χ3v) is 3.98. The van der Waals surface area contributed by atoms with Crippen molar-refractivity contribution >= 4 is 28.3 Å². The molecule has 3 aromatic rings. The van der Waals surface area contributed by atoms with Gasteiger partial charge in [-0.25, -0.2) is 4.79 Å². The van der Waals surface area contributed by atoms with E-state index in [1.54, 1.807) is 12.1 Å². The highest BCUT2D eigenvalue weighted by atomic mass is 35.5. The number of benzene rings is 3. The van der Waals surface area contributed by atoms with Crippen LogP contribution >= 0.6 is 11.6 Å². The zero-order valence-corrected chi connectivity index (χ0v) is 12.2. The molecule has 2 nitrogen and oxygen atoms in total. The Hall–Kier alpha value is -2.32. The summed E-state index contributed by atoms with van der Waals surface area (Å²) in [6.45, 7) is 2.07. The summed E-state index contributed by atoms with van der Waals surface area (Å²) >= 11 is 5.94. The molecule has 0 saturated carbocycles. The normalized spacial score (nSPS) is 10.8.